The fourth-order valence-electron chi connectivity index (χ4n) is 10.1. The molecule has 20 nitrogen and oxygen atoms in total. The van der Waals surface area contributed by atoms with Crippen LogP contribution in [0, 0.1) is 10.8 Å². The Labute approximate surface area is 478 Å². The minimum atomic E-state index is -4.30. The summed E-state index contributed by atoms with van der Waals surface area (Å²) in [4.78, 5) is 88.7. The van der Waals surface area contributed by atoms with Crippen LogP contribution < -0.4 is 31.1 Å². The van der Waals surface area contributed by atoms with E-state index < -0.39 is 91.9 Å². The number of likely N-dealkylation sites (tertiary alicyclic amines) is 2. The number of nitrogens with two attached hydrogens (primary N) is 1. The number of sulfonamides is 2. The fourth-order valence-corrected chi connectivity index (χ4v) is 12.2. The second-order valence-electron chi connectivity index (χ2n) is 23.5. The molecule has 81 heavy (non-hydrogen) atoms. The third kappa shape index (κ3) is 17.4. The Kier molecular flexibility index (Phi) is 21.8. The van der Waals surface area contributed by atoms with Crippen LogP contribution >= 0.6 is 0 Å². The quantitative estimate of drug-likeness (QED) is 0.0557. The monoisotopic (exact) mass is 1160 g/mol. The van der Waals surface area contributed by atoms with Crippen molar-refractivity contribution in [3.8, 4) is 0 Å². The largest absolute Gasteiger partial charge is 0.342 e. The minimum absolute atomic E-state index is 0.133. The van der Waals surface area contributed by atoms with Gasteiger partial charge in [0.15, 0.2) is 0 Å². The molecule has 0 unspecified atom stereocenters. The van der Waals surface area contributed by atoms with Gasteiger partial charge in [0.1, 0.15) is 12.1 Å². The zero-order valence-electron chi connectivity index (χ0n) is 48.4. The molecule has 6 atom stereocenters. The van der Waals surface area contributed by atoms with Gasteiger partial charge in [-0.15, -0.1) is 0 Å². The lowest BCUT2D eigenvalue weighted by molar-refractivity contribution is -0.142. The van der Waals surface area contributed by atoms with Crippen LogP contribution in [0.2, 0.25) is 0 Å². The number of fused-ring (bicyclic) bond motifs is 1. The molecule has 2 heterocycles. The molecular formula is C59H84N10O10S2. The van der Waals surface area contributed by atoms with Crippen LogP contribution in [0.15, 0.2) is 107 Å². The minimum Gasteiger partial charge on any atom is -0.342 e. The molecule has 6 amide bonds. The van der Waals surface area contributed by atoms with E-state index >= 15 is 0 Å². The van der Waals surface area contributed by atoms with Gasteiger partial charge in [-0.1, -0.05) is 114 Å². The Morgan fingerprint density at radius 3 is 1.33 bits per heavy atom. The van der Waals surface area contributed by atoms with Gasteiger partial charge < -0.3 is 41.3 Å². The Morgan fingerprint density at radius 2 is 0.975 bits per heavy atom. The molecule has 6 rings (SSSR count). The molecule has 0 aliphatic carbocycles. The van der Waals surface area contributed by atoms with Gasteiger partial charge in [0, 0.05) is 51.4 Å². The SMILES string of the molecule is CN[C@@H](C)C(=O)N[C@H](C(=O)N1CCC[C@H]1CN(CCc1ccccc1)C(=O)CNS(=O)(=O)c1ccc2cc(S(=O)(=O)NCC(=O)N(CCc3ccccc3)C[C@@H]3CCCN3C(=O)[C@@H](NC(=O)[C@H](C)N)C(C)(C)C)ccc2c1)C(C)(C)C. The molecule has 2 fully saturated rings. The highest BCUT2D eigenvalue weighted by molar-refractivity contribution is 7.89. The van der Waals surface area contributed by atoms with Crippen LogP contribution in [-0.4, -0.2) is 168 Å². The summed E-state index contributed by atoms with van der Waals surface area (Å²) >= 11 is 0. The summed E-state index contributed by atoms with van der Waals surface area (Å²) < 4.78 is 60.4. The molecule has 0 saturated carbocycles. The molecule has 2 aliphatic heterocycles. The summed E-state index contributed by atoms with van der Waals surface area (Å²) in [5.41, 5.74) is 6.50. The molecule has 2 aliphatic rings. The van der Waals surface area contributed by atoms with Gasteiger partial charge in [-0.2, -0.15) is 0 Å². The van der Waals surface area contributed by atoms with Crippen LogP contribution in [0.3, 0.4) is 0 Å². The van der Waals surface area contributed by atoms with Gasteiger partial charge in [-0.25, -0.2) is 26.3 Å². The standard InChI is InChI=1S/C59H84N10O10S2/c1-40(60)54(72)64-52(58(3,4)5)56(74)68-30-16-22-46(68)38-66(32-28-42-18-12-10-13-19-42)50(70)36-62-80(76,77)48-26-24-45-35-49(27-25-44(45)34-48)81(78,79)63-37-51(71)67(33-29-43-20-14-11-15-21-43)39-47-23-17-31-69(47)57(75)53(59(6,7)8)65-55(73)41(2)61-9/h10-15,18-21,24-27,34-35,40-41,46-47,52-53,61-63H,16-17,22-23,28-33,36-39,60H2,1-9H3,(H,64,72)(H,65,73)/t40-,41-,46-,47-,52+,53+/m0/s1. The van der Waals surface area contributed by atoms with Crippen LogP contribution in [0.4, 0.5) is 0 Å². The number of nitrogens with one attached hydrogen (secondary N) is 5. The number of benzene rings is 4. The Morgan fingerprint density at radius 1 is 0.593 bits per heavy atom. The van der Waals surface area contributed by atoms with Gasteiger partial charge in [-0.3, -0.25) is 28.8 Å². The number of rotatable bonds is 25. The summed E-state index contributed by atoms with van der Waals surface area (Å²) in [6.07, 6.45) is 3.51. The second-order valence-corrected chi connectivity index (χ2v) is 27.1. The highest BCUT2D eigenvalue weighted by atomic mass is 32.2. The number of carbonyl (C=O) groups is 6. The van der Waals surface area contributed by atoms with Crippen molar-refractivity contribution in [2.75, 3.05) is 59.4 Å². The smallest absolute Gasteiger partial charge is 0.246 e. The van der Waals surface area contributed by atoms with Gasteiger partial charge >= 0.3 is 0 Å². The van der Waals surface area contributed by atoms with Crippen molar-refractivity contribution in [1.29, 1.82) is 0 Å². The molecular weight excluding hydrogens is 1070 g/mol. The zero-order valence-corrected chi connectivity index (χ0v) is 50.0. The van der Waals surface area contributed by atoms with E-state index in [0.29, 0.717) is 62.4 Å². The lowest BCUT2D eigenvalue weighted by Gasteiger charge is -2.37. The third-order valence-electron chi connectivity index (χ3n) is 15.2. The lowest BCUT2D eigenvalue weighted by atomic mass is 9.85. The van der Waals surface area contributed by atoms with Gasteiger partial charge in [0.05, 0.1) is 35.0 Å². The van der Waals surface area contributed by atoms with Crippen molar-refractivity contribution in [3.63, 3.8) is 0 Å². The predicted molar refractivity (Wildman–Crippen MR) is 312 cm³/mol. The summed E-state index contributed by atoms with van der Waals surface area (Å²) in [5.74, 6) is -2.30. The summed E-state index contributed by atoms with van der Waals surface area (Å²) in [7, 11) is -6.92. The summed E-state index contributed by atoms with van der Waals surface area (Å²) in [6.45, 7) is 14.9. The van der Waals surface area contributed by atoms with E-state index in [2.05, 4.69) is 25.4 Å². The maximum Gasteiger partial charge on any atom is 0.246 e. The van der Waals surface area contributed by atoms with E-state index in [1.54, 1.807) is 40.5 Å². The summed E-state index contributed by atoms with van der Waals surface area (Å²) in [6, 6.07) is 23.6. The molecule has 22 heteroatoms. The average Bonchev–Trinajstić information content (AvgIpc) is 4.22. The second kappa shape index (κ2) is 27.6. The van der Waals surface area contributed by atoms with Crippen molar-refractivity contribution in [2.45, 2.75) is 140 Å². The average molecular weight is 1160 g/mol. The molecule has 7 N–H and O–H groups in total. The fraction of sp³-hybridized carbons (Fsp3) is 0.525. The maximum absolute atomic E-state index is 14.3. The molecule has 0 bridgehead atoms. The van der Waals surface area contributed by atoms with Crippen molar-refractivity contribution < 1.29 is 45.6 Å². The van der Waals surface area contributed by atoms with E-state index in [9.17, 15) is 45.6 Å². The number of likely N-dealkylation sites (N-methyl/N-ethyl adjacent to an activating group) is 1. The zero-order chi connectivity index (χ0) is 59.5. The van der Waals surface area contributed by atoms with Crippen LogP contribution in [0.1, 0.15) is 92.2 Å². The van der Waals surface area contributed by atoms with E-state index in [4.69, 9.17) is 5.73 Å². The first kappa shape index (κ1) is 63.9. The van der Waals surface area contributed by atoms with Crippen molar-refractivity contribution in [3.05, 3.63) is 108 Å². The van der Waals surface area contributed by atoms with Gasteiger partial charge in [0.2, 0.25) is 55.5 Å². The van der Waals surface area contributed by atoms with Crippen molar-refractivity contribution in [1.82, 2.24) is 45.0 Å². The van der Waals surface area contributed by atoms with E-state index in [-0.39, 0.29) is 59.7 Å². The topological polar surface area (TPSA) is 270 Å². The predicted octanol–water partition coefficient (Wildman–Crippen LogP) is 3.54. The van der Waals surface area contributed by atoms with Crippen LogP contribution in [0.5, 0.6) is 0 Å². The number of carbonyl (C=O) groups excluding carboxylic acids is 6. The number of nitrogens with zero attached hydrogens (tertiary/aromatic N) is 4. The third-order valence-corrected chi connectivity index (χ3v) is 18.0. The van der Waals surface area contributed by atoms with E-state index in [1.807, 2.05) is 102 Å². The van der Waals surface area contributed by atoms with Crippen LogP contribution in [-0.2, 0) is 61.7 Å². The van der Waals surface area contributed by atoms with E-state index in [0.717, 1.165) is 11.1 Å². The first-order chi connectivity index (χ1) is 38.1. The molecule has 4 aromatic carbocycles. The molecule has 442 valence electrons. The summed E-state index contributed by atoms with van der Waals surface area (Å²) in [5, 5.41) is 9.46. The molecule has 0 radical (unpaired) electrons. The van der Waals surface area contributed by atoms with Crippen molar-refractivity contribution in [2.24, 2.45) is 16.6 Å². The normalized spacial score (nSPS) is 17.5. The van der Waals surface area contributed by atoms with E-state index in [1.165, 1.54) is 36.4 Å². The number of hydrogen-bond acceptors (Lipinski definition) is 12. The van der Waals surface area contributed by atoms with Crippen molar-refractivity contribution >= 4 is 66.3 Å². The Hall–Kier alpha value is -6.30. The first-order valence-corrected chi connectivity index (χ1v) is 30.9. The molecule has 0 aromatic heterocycles. The highest BCUT2D eigenvalue weighted by Gasteiger charge is 2.43. The molecule has 4 aromatic rings. The molecule has 2 saturated heterocycles. The molecule has 0 spiro atoms. The Balaban J connectivity index is 1.13. The first-order valence-electron chi connectivity index (χ1n) is 27.9. The maximum atomic E-state index is 14.3. The lowest BCUT2D eigenvalue weighted by Crippen LogP contribution is -2.59. The van der Waals surface area contributed by atoms with Crippen LogP contribution in [0.25, 0.3) is 10.8 Å². The number of amides is 6. The Bertz CT molecular complexity index is 3080. The van der Waals surface area contributed by atoms with Gasteiger partial charge in [0.25, 0.3) is 0 Å². The number of hydrogen-bond donors (Lipinski definition) is 6. The van der Waals surface area contributed by atoms with Gasteiger partial charge in [-0.05, 0) is 116 Å². The highest BCUT2D eigenvalue weighted by Crippen LogP contribution is 2.29.